The fourth-order valence-electron chi connectivity index (χ4n) is 10.6. The number of fused-ring (bicyclic) bond motifs is 4. The highest BCUT2D eigenvalue weighted by atomic mass is 16.5. The number of hydrogen-bond donors (Lipinski definition) is 7. The molecule has 0 bridgehead atoms. The molecule has 27 heteroatoms. The molecule has 88 heavy (non-hydrogen) atoms. The predicted octanol–water partition coefficient (Wildman–Crippen LogP) is 1.16. The molecule has 486 valence electrons. The first-order valence-electron chi connectivity index (χ1n) is 30.0. The molecule has 2 unspecified atom stereocenters. The Labute approximate surface area is 514 Å². The molecule has 5 atom stereocenters. The standard InChI is InChI=1S/C61H90N10O17/c1-37(2)55(66-51(72)12-18-83-22-24-85-20-14-62)57(76)64-32-53(74)69-36-41-26-39(5)34-68(41)59(78)42-28-47(81-7)49(30-44(42)69)87-16-10-9-11-17-88-50-31-45-43(29-48(50)82-8)60(79)70-35-40(6)27-46(70)61(80)71(45)54(75)33-65-58(77)56(38(3)4)67-52(73)13-19-84-23-25-86-21-15-63/h28-31,37-38,41,46,55-56,61,80H,5-6,9-27,32-36,62-63H2,1-4,7-8H3,(H,64,76)(H,65,77)(H,66,72)(H,67,73)/t41-,46-,55?,56?,61-/m0/s1. The third-order valence-corrected chi connectivity index (χ3v) is 15.2. The number of methoxy groups -OCH3 is 2. The first kappa shape index (κ1) is 69.7. The summed E-state index contributed by atoms with van der Waals surface area (Å²) >= 11 is 0. The minimum absolute atomic E-state index is 0.00689. The van der Waals surface area contributed by atoms with Crippen LogP contribution in [0.4, 0.5) is 11.4 Å². The topological polar surface area (TPSA) is 344 Å². The van der Waals surface area contributed by atoms with Gasteiger partial charge in [-0.05, 0) is 56.1 Å². The van der Waals surface area contributed by atoms with Crippen LogP contribution in [0.2, 0.25) is 0 Å². The number of anilines is 2. The van der Waals surface area contributed by atoms with E-state index in [0.29, 0.717) is 77.3 Å². The summed E-state index contributed by atoms with van der Waals surface area (Å²) in [7, 11) is 2.86. The fourth-order valence-corrected chi connectivity index (χ4v) is 10.6. The Bertz CT molecular complexity index is 2800. The third kappa shape index (κ3) is 18.8. The molecule has 4 aliphatic rings. The summed E-state index contributed by atoms with van der Waals surface area (Å²) in [5, 5.41) is 22.7. The van der Waals surface area contributed by atoms with Gasteiger partial charge in [-0.3, -0.25) is 43.3 Å². The smallest absolute Gasteiger partial charge is 0.256 e. The van der Waals surface area contributed by atoms with Crippen molar-refractivity contribution in [3.05, 3.63) is 59.7 Å². The largest absolute Gasteiger partial charge is 0.493 e. The highest BCUT2D eigenvalue weighted by Crippen LogP contribution is 2.43. The zero-order valence-corrected chi connectivity index (χ0v) is 51.7. The average Bonchev–Trinajstić information content (AvgIpc) is 1.97. The maximum absolute atomic E-state index is 14.3. The molecule has 2 saturated heterocycles. The number of carbonyl (C=O) groups is 8. The van der Waals surface area contributed by atoms with E-state index >= 15 is 0 Å². The van der Waals surface area contributed by atoms with Gasteiger partial charge in [0.15, 0.2) is 29.2 Å². The third-order valence-electron chi connectivity index (χ3n) is 15.2. The Kier molecular flexibility index (Phi) is 27.2. The summed E-state index contributed by atoms with van der Waals surface area (Å²) in [4.78, 5) is 116. The van der Waals surface area contributed by atoms with E-state index < -0.39 is 78.8 Å². The van der Waals surface area contributed by atoms with Crippen LogP contribution in [-0.4, -0.2) is 219 Å². The molecule has 0 saturated carbocycles. The maximum Gasteiger partial charge on any atom is 0.256 e. The van der Waals surface area contributed by atoms with Gasteiger partial charge in [-0.2, -0.15) is 0 Å². The summed E-state index contributed by atoms with van der Waals surface area (Å²) in [6.07, 6.45) is 0.717. The molecule has 4 aliphatic heterocycles. The molecule has 9 N–H and O–H groups in total. The number of rotatable bonds is 36. The van der Waals surface area contributed by atoms with Crippen molar-refractivity contribution >= 4 is 58.6 Å². The molecule has 27 nitrogen and oxygen atoms in total. The van der Waals surface area contributed by atoms with Gasteiger partial charge in [0.2, 0.25) is 35.4 Å². The number of aliphatic hydroxyl groups is 1. The second-order valence-corrected chi connectivity index (χ2v) is 22.5. The SMILES string of the molecule is C=C1C[C@H]2CN(C(=O)CNC(=O)C(NC(=O)CCOCCOCCN)C(C)C)c3cc(OCCCCCOc4cc5c(cc4OC)C(=O)N4CC(=C)C[C@H]4[C@H](O)N5C(=O)CNC(=O)C(NC(=O)CCOCCOCCN)C(C)C)c(OC)cc3C(=O)N2C1. The van der Waals surface area contributed by atoms with Gasteiger partial charge in [0, 0.05) is 57.7 Å². The van der Waals surface area contributed by atoms with Crippen LogP contribution in [0.5, 0.6) is 23.0 Å². The fraction of sp³-hybridized carbons (Fsp3) is 0.607. The first-order chi connectivity index (χ1) is 42.2. The molecular weight excluding hydrogens is 1140 g/mol. The van der Waals surface area contributed by atoms with Crippen LogP contribution in [0.15, 0.2) is 48.6 Å². The minimum atomic E-state index is -1.55. The number of nitrogens with one attached hydrogen (secondary N) is 4. The molecule has 8 amide bonds. The van der Waals surface area contributed by atoms with Crippen molar-refractivity contribution in [3.63, 3.8) is 0 Å². The Morgan fingerprint density at radius 1 is 0.591 bits per heavy atom. The van der Waals surface area contributed by atoms with Crippen molar-refractivity contribution in [3.8, 4) is 23.0 Å². The lowest BCUT2D eigenvalue weighted by molar-refractivity contribution is -0.131. The highest BCUT2D eigenvalue weighted by Gasteiger charge is 2.46. The van der Waals surface area contributed by atoms with Crippen molar-refractivity contribution in [2.24, 2.45) is 23.3 Å². The van der Waals surface area contributed by atoms with Crippen molar-refractivity contribution in [1.82, 2.24) is 31.1 Å². The lowest BCUT2D eigenvalue weighted by Gasteiger charge is -2.32. The summed E-state index contributed by atoms with van der Waals surface area (Å²) in [6, 6.07) is 2.86. The van der Waals surface area contributed by atoms with E-state index in [1.54, 1.807) is 44.7 Å². The van der Waals surface area contributed by atoms with E-state index in [2.05, 4.69) is 34.4 Å². The molecule has 0 aliphatic carbocycles. The number of carbonyl (C=O) groups excluding carboxylic acids is 8. The van der Waals surface area contributed by atoms with Crippen LogP contribution in [0.3, 0.4) is 0 Å². The van der Waals surface area contributed by atoms with E-state index in [9.17, 15) is 43.5 Å². The van der Waals surface area contributed by atoms with Crippen molar-refractivity contribution in [2.45, 2.75) is 103 Å². The quantitative estimate of drug-likeness (QED) is 0.0372. The predicted molar refractivity (Wildman–Crippen MR) is 324 cm³/mol. The molecule has 0 radical (unpaired) electrons. The average molecular weight is 1240 g/mol. The van der Waals surface area contributed by atoms with Gasteiger partial charge in [0.1, 0.15) is 12.1 Å². The molecule has 4 heterocycles. The van der Waals surface area contributed by atoms with E-state index in [1.165, 1.54) is 36.2 Å². The van der Waals surface area contributed by atoms with Crippen LogP contribution < -0.4 is 61.5 Å². The molecular formula is C61H90N10O17. The van der Waals surface area contributed by atoms with E-state index in [-0.39, 0.29) is 141 Å². The van der Waals surface area contributed by atoms with Gasteiger partial charge in [-0.15, -0.1) is 0 Å². The van der Waals surface area contributed by atoms with Crippen LogP contribution in [0.25, 0.3) is 0 Å². The molecule has 0 spiro atoms. The summed E-state index contributed by atoms with van der Waals surface area (Å²) in [5.41, 5.74) is 12.9. The zero-order valence-electron chi connectivity index (χ0n) is 51.7. The number of aliphatic hydroxyl groups excluding tert-OH is 1. The minimum Gasteiger partial charge on any atom is -0.493 e. The molecule has 2 aromatic carbocycles. The van der Waals surface area contributed by atoms with Crippen molar-refractivity contribution < 1.29 is 81.4 Å². The number of hydrogen-bond acceptors (Lipinski definition) is 19. The molecule has 6 rings (SSSR count). The maximum atomic E-state index is 14.3. The number of nitrogens with two attached hydrogens (primary N) is 2. The summed E-state index contributed by atoms with van der Waals surface area (Å²) in [5.74, 6) is -3.84. The first-order valence-corrected chi connectivity index (χ1v) is 30.0. The number of unbranched alkanes of at least 4 members (excludes halogenated alkanes) is 2. The Morgan fingerprint density at radius 3 is 1.55 bits per heavy atom. The Morgan fingerprint density at radius 2 is 1.05 bits per heavy atom. The lowest BCUT2D eigenvalue weighted by atomic mass is 10.0. The van der Waals surface area contributed by atoms with Gasteiger partial charge in [0.05, 0.1) is 128 Å². The van der Waals surface area contributed by atoms with Gasteiger partial charge in [-0.25, -0.2) is 0 Å². The number of nitrogens with zero attached hydrogens (tertiary/aromatic N) is 4. The van der Waals surface area contributed by atoms with E-state index in [1.807, 2.05) is 0 Å². The van der Waals surface area contributed by atoms with Crippen molar-refractivity contribution in [1.29, 1.82) is 0 Å². The van der Waals surface area contributed by atoms with Gasteiger partial charge in [-0.1, -0.05) is 52.0 Å². The van der Waals surface area contributed by atoms with Gasteiger partial charge >= 0.3 is 0 Å². The van der Waals surface area contributed by atoms with Crippen LogP contribution in [0.1, 0.15) is 93.4 Å². The zero-order chi connectivity index (χ0) is 64.0. The second-order valence-electron chi connectivity index (χ2n) is 22.5. The van der Waals surface area contributed by atoms with Gasteiger partial charge in [0.25, 0.3) is 11.8 Å². The monoisotopic (exact) mass is 1230 g/mol. The van der Waals surface area contributed by atoms with E-state index in [4.69, 9.17) is 49.4 Å². The lowest BCUT2D eigenvalue weighted by Crippen LogP contribution is -2.55. The number of ether oxygens (including phenoxy) is 8. The number of amides is 8. The molecule has 2 aromatic rings. The van der Waals surface area contributed by atoms with Crippen molar-refractivity contribution in [2.75, 3.05) is 136 Å². The second kappa shape index (κ2) is 34.4. The summed E-state index contributed by atoms with van der Waals surface area (Å²) < 4.78 is 45.4. The van der Waals surface area contributed by atoms with Crippen LogP contribution in [-0.2, 0) is 47.7 Å². The van der Waals surface area contributed by atoms with Crippen LogP contribution in [0, 0.1) is 11.8 Å². The molecule has 0 aromatic heterocycles. The summed E-state index contributed by atoms with van der Waals surface area (Å²) in [6.45, 7) is 18.0. The normalized spacial score (nSPS) is 17.8. The van der Waals surface area contributed by atoms with Gasteiger partial charge < -0.3 is 90.4 Å². The Balaban J connectivity index is 1.08. The molecule has 2 fully saturated rings. The Hall–Kier alpha value is -7.40. The van der Waals surface area contributed by atoms with Crippen LogP contribution >= 0.6 is 0 Å². The highest BCUT2D eigenvalue weighted by molar-refractivity contribution is 6.09. The number of benzene rings is 2. The van der Waals surface area contributed by atoms with E-state index in [0.717, 1.165) is 10.5 Å².